The van der Waals surface area contributed by atoms with Crippen LogP contribution in [-0.2, 0) is 6.42 Å². The minimum absolute atomic E-state index is 0.624. The van der Waals surface area contributed by atoms with Gasteiger partial charge in [0.2, 0.25) is 0 Å². The van der Waals surface area contributed by atoms with Crippen molar-refractivity contribution in [2.75, 3.05) is 0 Å². The topological polar surface area (TPSA) is 83.1 Å². The van der Waals surface area contributed by atoms with E-state index in [0.29, 0.717) is 11.2 Å². The van der Waals surface area contributed by atoms with Crippen LogP contribution in [0.4, 0.5) is 0 Å². The van der Waals surface area contributed by atoms with Gasteiger partial charge in [-0.1, -0.05) is 12.8 Å². The van der Waals surface area contributed by atoms with Gasteiger partial charge in [-0.2, -0.15) is 5.10 Å². The standard InChI is InChI=1S/C12H14N6/c1-2-4-12(3-1)7-5-6-9(8(7)12)13-14-10(6)11-15-17-18-16-11/h7-8H,1-5H2,(H,13,14)(H,15,16,17,18)/t7-,8-/m0/s1. The molecule has 18 heavy (non-hydrogen) atoms. The molecule has 0 amide bonds. The van der Waals surface area contributed by atoms with Gasteiger partial charge in [0.15, 0.2) is 5.82 Å². The number of fused-ring (bicyclic) bond motifs is 5. The van der Waals surface area contributed by atoms with Gasteiger partial charge in [-0.25, -0.2) is 5.10 Å². The zero-order valence-corrected chi connectivity index (χ0v) is 9.98. The average Bonchev–Trinajstić information content (AvgIpc) is 2.97. The Hall–Kier alpha value is -1.72. The van der Waals surface area contributed by atoms with Gasteiger partial charge in [-0.3, -0.25) is 5.10 Å². The lowest BCUT2D eigenvalue weighted by Crippen LogP contribution is -2.04. The fourth-order valence-electron chi connectivity index (χ4n) is 4.60. The van der Waals surface area contributed by atoms with Crippen molar-refractivity contribution >= 4 is 0 Å². The highest BCUT2D eigenvalue weighted by molar-refractivity contribution is 5.60. The molecule has 0 aromatic carbocycles. The van der Waals surface area contributed by atoms with Gasteiger partial charge in [0.1, 0.15) is 5.69 Å². The molecule has 5 rings (SSSR count). The lowest BCUT2D eigenvalue weighted by atomic mass is 9.92. The van der Waals surface area contributed by atoms with Crippen LogP contribution in [0.15, 0.2) is 0 Å². The molecule has 3 aliphatic rings. The lowest BCUT2D eigenvalue weighted by molar-refractivity contribution is 0.451. The highest BCUT2D eigenvalue weighted by atomic mass is 15.5. The largest absolute Gasteiger partial charge is 0.274 e. The quantitative estimate of drug-likeness (QED) is 0.792. The van der Waals surface area contributed by atoms with E-state index in [1.165, 1.54) is 36.9 Å². The molecule has 0 bridgehead atoms. The first-order valence-corrected chi connectivity index (χ1v) is 6.71. The van der Waals surface area contributed by atoms with Crippen LogP contribution in [-0.4, -0.2) is 30.8 Å². The Balaban J connectivity index is 1.58. The number of aromatic amines is 2. The Morgan fingerprint density at radius 2 is 2.06 bits per heavy atom. The lowest BCUT2D eigenvalue weighted by Gasteiger charge is -2.11. The van der Waals surface area contributed by atoms with E-state index in [4.69, 9.17) is 0 Å². The Bertz CT molecular complexity index is 607. The molecule has 0 radical (unpaired) electrons. The van der Waals surface area contributed by atoms with Crippen LogP contribution in [0.2, 0.25) is 0 Å². The van der Waals surface area contributed by atoms with Crippen LogP contribution in [0.25, 0.3) is 11.5 Å². The molecule has 0 aliphatic heterocycles. The molecular weight excluding hydrogens is 228 g/mol. The smallest absolute Gasteiger partial charge is 0.197 e. The van der Waals surface area contributed by atoms with E-state index in [9.17, 15) is 0 Å². The molecule has 2 aromatic heterocycles. The van der Waals surface area contributed by atoms with Gasteiger partial charge in [-0.15, -0.1) is 5.10 Å². The highest BCUT2D eigenvalue weighted by Crippen LogP contribution is 2.76. The summed E-state index contributed by atoms with van der Waals surface area (Å²) in [7, 11) is 0. The van der Waals surface area contributed by atoms with Gasteiger partial charge >= 0.3 is 0 Å². The zero-order valence-electron chi connectivity index (χ0n) is 9.98. The van der Waals surface area contributed by atoms with Gasteiger partial charge in [0.25, 0.3) is 0 Å². The van der Waals surface area contributed by atoms with E-state index >= 15 is 0 Å². The number of nitrogens with zero attached hydrogens (tertiary/aromatic N) is 4. The fraction of sp³-hybridized carbons (Fsp3) is 0.667. The normalized spacial score (nSPS) is 30.7. The summed E-state index contributed by atoms with van der Waals surface area (Å²) in [4.78, 5) is 0. The summed E-state index contributed by atoms with van der Waals surface area (Å²) in [6.45, 7) is 0. The minimum Gasteiger partial charge on any atom is -0.274 e. The van der Waals surface area contributed by atoms with Crippen molar-refractivity contribution in [3.8, 4) is 11.5 Å². The Labute approximate surface area is 104 Å². The van der Waals surface area contributed by atoms with Crippen molar-refractivity contribution in [3.05, 3.63) is 11.3 Å². The molecule has 2 heterocycles. The summed E-state index contributed by atoms with van der Waals surface area (Å²) in [6.07, 6.45) is 6.80. The first-order chi connectivity index (χ1) is 8.90. The summed E-state index contributed by atoms with van der Waals surface area (Å²) in [6, 6.07) is 0. The molecule has 1 spiro atoms. The van der Waals surface area contributed by atoms with Gasteiger partial charge in [-0.05, 0) is 41.0 Å². The average molecular weight is 242 g/mol. The molecule has 2 atom stereocenters. The number of aromatic nitrogens is 6. The third-order valence-corrected chi connectivity index (χ3v) is 5.39. The van der Waals surface area contributed by atoms with Gasteiger partial charge in [0, 0.05) is 11.5 Å². The van der Waals surface area contributed by atoms with Crippen molar-refractivity contribution in [1.29, 1.82) is 0 Å². The molecule has 6 heteroatoms. The van der Waals surface area contributed by atoms with E-state index in [2.05, 4.69) is 30.8 Å². The molecule has 0 saturated heterocycles. The van der Waals surface area contributed by atoms with Crippen LogP contribution in [0.1, 0.15) is 42.9 Å². The molecular formula is C12H14N6. The summed E-state index contributed by atoms with van der Waals surface area (Å²) in [5.41, 5.74) is 4.27. The SMILES string of the molecule is C1CCC2(C1)[C@@H]1c3n[nH]c(-c4nnn[nH]4)c3C[C@@H]12. The second-order valence-corrected chi connectivity index (χ2v) is 5.94. The predicted octanol–water partition coefficient (Wildman–Crippen LogP) is 1.42. The van der Waals surface area contributed by atoms with E-state index in [-0.39, 0.29) is 0 Å². The van der Waals surface area contributed by atoms with Crippen LogP contribution in [0, 0.1) is 11.3 Å². The number of rotatable bonds is 1. The summed E-state index contributed by atoms with van der Waals surface area (Å²) in [5, 5.41) is 21.7. The van der Waals surface area contributed by atoms with Gasteiger partial charge in [0.05, 0.1) is 5.69 Å². The van der Waals surface area contributed by atoms with Crippen molar-refractivity contribution in [2.45, 2.75) is 38.0 Å². The molecule has 2 saturated carbocycles. The minimum atomic E-state index is 0.624. The Morgan fingerprint density at radius 1 is 1.17 bits per heavy atom. The van der Waals surface area contributed by atoms with Crippen molar-refractivity contribution in [3.63, 3.8) is 0 Å². The Kier molecular flexibility index (Phi) is 1.44. The molecule has 0 unspecified atom stereocenters. The van der Waals surface area contributed by atoms with Crippen molar-refractivity contribution in [2.24, 2.45) is 11.3 Å². The number of hydrogen-bond donors (Lipinski definition) is 2. The van der Waals surface area contributed by atoms with Crippen LogP contribution in [0.3, 0.4) is 0 Å². The number of nitrogens with one attached hydrogen (secondary N) is 2. The van der Waals surface area contributed by atoms with Crippen molar-refractivity contribution in [1.82, 2.24) is 30.8 Å². The molecule has 2 aromatic rings. The third-order valence-electron chi connectivity index (χ3n) is 5.39. The molecule has 92 valence electrons. The summed E-state index contributed by atoms with van der Waals surface area (Å²) in [5.74, 6) is 2.28. The first kappa shape index (κ1) is 9.24. The third kappa shape index (κ3) is 0.887. The van der Waals surface area contributed by atoms with Crippen LogP contribution >= 0.6 is 0 Å². The van der Waals surface area contributed by atoms with E-state index < -0.39 is 0 Å². The maximum Gasteiger partial charge on any atom is 0.197 e. The predicted molar refractivity (Wildman–Crippen MR) is 62.6 cm³/mol. The maximum atomic E-state index is 4.55. The maximum absolute atomic E-state index is 4.55. The molecule has 2 fully saturated rings. The monoisotopic (exact) mass is 242 g/mol. The first-order valence-electron chi connectivity index (χ1n) is 6.71. The summed E-state index contributed by atoms with van der Waals surface area (Å²) < 4.78 is 0. The second kappa shape index (κ2) is 2.81. The van der Waals surface area contributed by atoms with Crippen LogP contribution in [0.5, 0.6) is 0 Å². The van der Waals surface area contributed by atoms with E-state index in [0.717, 1.165) is 24.0 Å². The van der Waals surface area contributed by atoms with Gasteiger partial charge < -0.3 is 0 Å². The molecule has 6 nitrogen and oxygen atoms in total. The molecule has 2 N–H and O–H groups in total. The highest BCUT2D eigenvalue weighted by Gasteiger charge is 2.69. The summed E-state index contributed by atoms with van der Waals surface area (Å²) >= 11 is 0. The fourth-order valence-corrected chi connectivity index (χ4v) is 4.60. The van der Waals surface area contributed by atoms with E-state index in [1.807, 2.05) is 0 Å². The zero-order chi connectivity index (χ0) is 11.7. The second-order valence-electron chi connectivity index (χ2n) is 5.94. The van der Waals surface area contributed by atoms with Crippen LogP contribution < -0.4 is 0 Å². The number of tetrazole rings is 1. The van der Waals surface area contributed by atoms with E-state index in [1.54, 1.807) is 0 Å². The molecule has 3 aliphatic carbocycles. The van der Waals surface area contributed by atoms with Crippen molar-refractivity contribution < 1.29 is 0 Å². The number of H-pyrrole nitrogens is 2. The Morgan fingerprint density at radius 3 is 2.83 bits per heavy atom. The number of hydrogen-bond acceptors (Lipinski definition) is 4.